The van der Waals surface area contributed by atoms with Crippen molar-refractivity contribution in [1.29, 1.82) is 0 Å². The maximum absolute atomic E-state index is 11.6. The molecule has 4 nitrogen and oxygen atoms in total. The predicted octanol–water partition coefficient (Wildman–Crippen LogP) is 4.48. The van der Waals surface area contributed by atoms with E-state index in [0.29, 0.717) is 12.4 Å². The van der Waals surface area contributed by atoms with Gasteiger partial charge in [-0.25, -0.2) is 4.79 Å². The van der Waals surface area contributed by atoms with E-state index in [-0.39, 0.29) is 12.4 Å². The van der Waals surface area contributed by atoms with Crippen molar-refractivity contribution in [2.75, 3.05) is 13.2 Å². The molecule has 0 heterocycles. The minimum absolute atomic E-state index is 0.102. The summed E-state index contributed by atoms with van der Waals surface area (Å²) in [5.41, 5.74) is 1.87. The standard InChI is InChI=1S/C19H26O4/c1-4-5-6-12-22-18-14-16(7-9-17(18)20)8-10-19(21)23-13-11-15(2)3/h7-11,14,20H,4-6,12-13H2,1-3H3. The first-order valence-electron chi connectivity index (χ1n) is 7.97. The molecular formula is C19H26O4. The molecule has 0 bridgehead atoms. The SMILES string of the molecule is CCCCCOc1cc(C=CC(=O)OCC=C(C)C)ccc1O. The molecule has 0 radical (unpaired) electrons. The van der Waals surface area contributed by atoms with Crippen molar-refractivity contribution in [3.8, 4) is 11.5 Å². The van der Waals surface area contributed by atoms with Crippen molar-refractivity contribution in [2.24, 2.45) is 0 Å². The fraction of sp³-hybridized carbons (Fsp3) is 0.421. The summed E-state index contributed by atoms with van der Waals surface area (Å²) < 4.78 is 10.6. The summed E-state index contributed by atoms with van der Waals surface area (Å²) in [6.07, 6.45) is 8.02. The third-order valence-corrected chi connectivity index (χ3v) is 3.12. The number of rotatable bonds is 9. The molecule has 0 atom stereocenters. The van der Waals surface area contributed by atoms with Crippen molar-refractivity contribution in [3.05, 3.63) is 41.5 Å². The Morgan fingerprint density at radius 3 is 2.74 bits per heavy atom. The number of allylic oxidation sites excluding steroid dienone is 1. The fourth-order valence-corrected chi connectivity index (χ4v) is 1.79. The monoisotopic (exact) mass is 318 g/mol. The number of unbranched alkanes of at least 4 members (excludes halogenated alkanes) is 2. The normalized spacial score (nSPS) is 10.6. The van der Waals surface area contributed by atoms with Crippen molar-refractivity contribution < 1.29 is 19.4 Å². The van der Waals surface area contributed by atoms with E-state index in [1.807, 2.05) is 19.9 Å². The van der Waals surface area contributed by atoms with Gasteiger partial charge in [-0.05, 0) is 50.1 Å². The molecule has 0 saturated carbocycles. The summed E-state index contributed by atoms with van der Waals surface area (Å²) in [6.45, 7) is 6.86. The van der Waals surface area contributed by atoms with Gasteiger partial charge in [-0.2, -0.15) is 0 Å². The molecule has 0 saturated heterocycles. The second kappa shape index (κ2) is 10.5. The van der Waals surface area contributed by atoms with E-state index in [1.54, 1.807) is 24.3 Å². The Balaban J connectivity index is 2.57. The van der Waals surface area contributed by atoms with E-state index < -0.39 is 5.97 Å². The molecule has 0 aromatic heterocycles. The number of esters is 1. The van der Waals surface area contributed by atoms with Crippen LogP contribution in [0.3, 0.4) is 0 Å². The zero-order chi connectivity index (χ0) is 17.1. The molecular weight excluding hydrogens is 292 g/mol. The molecule has 0 amide bonds. The summed E-state index contributed by atoms with van der Waals surface area (Å²) >= 11 is 0. The van der Waals surface area contributed by atoms with Gasteiger partial charge in [-0.1, -0.05) is 31.4 Å². The number of hydrogen-bond acceptors (Lipinski definition) is 4. The van der Waals surface area contributed by atoms with Gasteiger partial charge in [0.1, 0.15) is 6.61 Å². The Labute approximate surface area is 138 Å². The van der Waals surface area contributed by atoms with Crippen LogP contribution in [-0.4, -0.2) is 24.3 Å². The molecule has 0 fully saturated rings. The number of aromatic hydroxyl groups is 1. The van der Waals surface area contributed by atoms with Crippen LogP contribution in [0.25, 0.3) is 6.08 Å². The number of carbonyl (C=O) groups is 1. The predicted molar refractivity (Wildman–Crippen MR) is 92.6 cm³/mol. The summed E-state index contributed by atoms with van der Waals surface area (Å²) in [7, 11) is 0. The summed E-state index contributed by atoms with van der Waals surface area (Å²) in [4.78, 5) is 11.6. The third-order valence-electron chi connectivity index (χ3n) is 3.12. The first kappa shape index (κ1) is 18.8. The Hall–Kier alpha value is -2.23. The first-order chi connectivity index (χ1) is 11.0. The average Bonchev–Trinajstić information content (AvgIpc) is 2.51. The molecule has 1 aromatic rings. The molecule has 1 N–H and O–H groups in total. The number of ether oxygens (including phenoxy) is 2. The number of hydrogen-bond donors (Lipinski definition) is 1. The number of carbonyl (C=O) groups excluding carboxylic acids is 1. The van der Waals surface area contributed by atoms with E-state index in [9.17, 15) is 9.90 Å². The molecule has 0 aliphatic rings. The van der Waals surface area contributed by atoms with E-state index in [2.05, 4.69) is 6.92 Å². The van der Waals surface area contributed by atoms with Gasteiger partial charge >= 0.3 is 5.97 Å². The van der Waals surface area contributed by atoms with Crippen LogP contribution in [0, 0.1) is 0 Å². The molecule has 1 aromatic carbocycles. The topological polar surface area (TPSA) is 55.8 Å². The summed E-state index contributed by atoms with van der Waals surface area (Å²) in [5, 5.41) is 9.79. The smallest absolute Gasteiger partial charge is 0.331 e. The molecule has 23 heavy (non-hydrogen) atoms. The molecule has 0 spiro atoms. The lowest BCUT2D eigenvalue weighted by molar-refractivity contribution is -0.136. The number of benzene rings is 1. The molecule has 0 aliphatic heterocycles. The van der Waals surface area contributed by atoms with Crippen LogP contribution in [0.2, 0.25) is 0 Å². The van der Waals surface area contributed by atoms with E-state index in [1.165, 1.54) is 6.08 Å². The van der Waals surface area contributed by atoms with Gasteiger partial charge in [0, 0.05) is 6.08 Å². The fourth-order valence-electron chi connectivity index (χ4n) is 1.79. The van der Waals surface area contributed by atoms with Crippen LogP contribution in [-0.2, 0) is 9.53 Å². The van der Waals surface area contributed by atoms with Crippen LogP contribution in [0.1, 0.15) is 45.6 Å². The molecule has 0 unspecified atom stereocenters. The van der Waals surface area contributed by atoms with Gasteiger partial charge < -0.3 is 14.6 Å². The highest BCUT2D eigenvalue weighted by Crippen LogP contribution is 2.27. The van der Waals surface area contributed by atoms with Crippen molar-refractivity contribution in [2.45, 2.75) is 40.0 Å². The second-order valence-electron chi connectivity index (χ2n) is 5.53. The lowest BCUT2D eigenvalue weighted by atomic mass is 10.2. The zero-order valence-corrected chi connectivity index (χ0v) is 14.2. The molecule has 1 rings (SSSR count). The Kier molecular flexibility index (Phi) is 8.58. The molecule has 4 heteroatoms. The minimum Gasteiger partial charge on any atom is -0.504 e. The second-order valence-corrected chi connectivity index (χ2v) is 5.53. The number of phenolic OH excluding ortho intramolecular Hbond substituents is 1. The minimum atomic E-state index is -0.402. The first-order valence-corrected chi connectivity index (χ1v) is 7.97. The van der Waals surface area contributed by atoms with Gasteiger partial charge in [0.15, 0.2) is 11.5 Å². The highest BCUT2D eigenvalue weighted by Gasteiger charge is 2.03. The summed E-state index contributed by atoms with van der Waals surface area (Å²) in [5.74, 6) is 0.131. The van der Waals surface area contributed by atoms with Gasteiger partial charge in [-0.15, -0.1) is 0 Å². The van der Waals surface area contributed by atoms with Crippen molar-refractivity contribution >= 4 is 12.0 Å². The van der Waals surface area contributed by atoms with Crippen LogP contribution >= 0.6 is 0 Å². The molecule has 0 aliphatic carbocycles. The van der Waals surface area contributed by atoms with Gasteiger partial charge in [0.05, 0.1) is 6.61 Å². The van der Waals surface area contributed by atoms with Gasteiger partial charge in [0.25, 0.3) is 0 Å². The van der Waals surface area contributed by atoms with Crippen LogP contribution in [0.15, 0.2) is 35.9 Å². The quantitative estimate of drug-likeness (QED) is 0.315. The highest BCUT2D eigenvalue weighted by atomic mass is 16.5. The molecule has 126 valence electrons. The number of phenols is 1. The van der Waals surface area contributed by atoms with Crippen molar-refractivity contribution in [3.63, 3.8) is 0 Å². The van der Waals surface area contributed by atoms with E-state index >= 15 is 0 Å². The van der Waals surface area contributed by atoms with Crippen LogP contribution in [0.4, 0.5) is 0 Å². The Bertz CT molecular complexity index is 554. The highest BCUT2D eigenvalue weighted by molar-refractivity contribution is 5.87. The lowest BCUT2D eigenvalue weighted by Gasteiger charge is -2.08. The third kappa shape index (κ3) is 8.10. The average molecular weight is 318 g/mol. The van der Waals surface area contributed by atoms with E-state index in [0.717, 1.165) is 30.4 Å². The Morgan fingerprint density at radius 2 is 2.04 bits per heavy atom. The maximum atomic E-state index is 11.6. The van der Waals surface area contributed by atoms with Gasteiger partial charge in [-0.3, -0.25) is 0 Å². The van der Waals surface area contributed by atoms with Gasteiger partial charge in [0.2, 0.25) is 0 Å². The van der Waals surface area contributed by atoms with Crippen LogP contribution in [0.5, 0.6) is 11.5 Å². The maximum Gasteiger partial charge on any atom is 0.331 e. The van der Waals surface area contributed by atoms with E-state index in [4.69, 9.17) is 9.47 Å². The summed E-state index contributed by atoms with van der Waals surface area (Å²) in [6, 6.07) is 4.98. The largest absolute Gasteiger partial charge is 0.504 e. The zero-order valence-electron chi connectivity index (χ0n) is 14.2. The Morgan fingerprint density at radius 1 is 1.26 bits per heavy atom. The van der Waals surface area contributed by atoms with Crippen LogP contribution < -0.4 is 4.74 Å². The van der Waals surface area contributed by atoms with Crippen molar-refractivity contribution in [1.82, 2.24) is 0 Å². The lowest BCUT2D eigenvalue weighted by Crippen LogP contribution is -2.00.